The largest absolute Gasteiger partial charge is 0.383 e. The first-order valence-electron chi connectivity index (χ1n) is 7.56. The average Bonchev–Trinajstić information content (AvgIpc) is 2.54. The van der Waals surface area contributed by atoms with Gasteiger partial charge in [0.05, 0.1) is 23.9 Å². The number of halogens is 1. The van der Waals surface area contributed by atoms with E-state index in [1.165, 1.54) is 31.3 Å². The van der Waals surface area contributed by atoms with E-state index in [0.717, 1.165) is 12.1 Å². The number of rotatable bonds is 10. The molecule has 0 N–H and O–H groups in total. The number of nitrogens with zero attached hydrogens (tertiary/aromatic N) is 1. The molecule has 0 aliphatic heterocycles. The second-order valence-corrected chi connectivity index (χ2v) is 7.48. The third-order valence-electron chi connectivity index (χ3n) is 3.51. The third kappa shape index (κ3) is 6.18. The van der Waals surface area contributed by atoms with E-state index in [9.17, 15) is 17.6 Å². The molecular weight excluding hydrogens is 337 g/mol. The van der Waals surface area contributed by atoms with Crippen molar-refractivity contribution in [1.29, 1.82) is 0 Å². The standard InChI is InChI=1S/C16H24FNO5S/c1-13(16(19)18(8-10-22-2)9-11-23-3)12-24(20,21)15-6-4-14(17)5-7-15/h4-7,13H,8-12H2,1-3H3/t13-/m0/s1. The molecule has 0 spiro atoms. The van der Waals surface area contributed by atoms with Crippen LogP contribution in [0.3, 0.4) is 0 Å². The number of hydrogen-bond acceptors (Lipinski definition) is 5. The minimum Gasteiger partial charge on any atom is -0.383 e. The molecule has 0 saturated carbocycles. The van der Waals surface area contributed by atoms with E-state index >= 15 is 0 Å². The number of ether oxygens (including phenoxy) is 2. The molecule has 0 aliphatic carbocycles. The number of amides is 1. The van der Waals surface area contributed by atoms with Crippen LogP contribution in [-0.4, -0.2) is 65.5 Å². The zero-order valence-electron chi connectivity index (χ0n) is 14.2. The maximum absolute atomic E-state index is 12.9. The van der Waals surface area contributed by atoms with Crippen molar-refractivity contribution in [3.05, 3.63) is 30.1 Å². The molecule has 6 nitrogen and oxygen atoms in total. The van der Waals surface area contributed by atoms with Crippen molar-refractivity contribution in [2.75, 3.05) is 46.3 Å². The molecule has 1 aromatic carbocycles. The molecule has 0 fully saturated rings. The van der Waals surface area contributed by atoms with E-state index in [1.807, 2.05) is 0 Å². The molecule has 0 aromatic heterocycles. The summed E-state index contributed by atoms with van der Waals surface area (Å²) in [5.74, 6) is -1.86. The molecule has 0 bridgehead atoms. The van der Waals surface area contributed by atoms with E-state index in [1.54, 1.807) is 6.92 Å². The molecule has 8 heteroatoms. The van der Waals surface area contributed by atoms with Gasteiger partial charge in [-0.1, -0.05) is 6.92 Å². The zero-order valence-corrected chi connectivity index (χ0v) is 15.0. The van der Waals surface area contributed by atoms with Gasteiger partial charge in [-0.05, 0) is 24.3 Å². The monoisotopic (exact) mass is 361 g/mol. The molecule has 1 amide bonds. The number of hydrogen-bond donors (Lipinski definition) is 0. The maximum atomic E-state index is 12.9. The SMILES string of the molecule is COCCN(CCOC)C(=O)[C@@H](C)CS(=O)(=O)c1ccc(F)cc1. The number of carbonyl (C=O) groups is 1. The summed E-state index contributed by atoms with van der Waals surface area (Å²) in [4.78, 5) is 14.0. The summed E-state index contributed by atoms with van der Waals surface area (Å²) in [6.07, 6.45) is 0. The highest BCUT2D eigenvalue weighted by molar-refractivity contribution is 7.91. The van der Waals surface area contributed by atoms with Gasteiger partial charge in [-0.2, -0.15) is 0 Å². The highest BCUT2D eigenvalue weighted by Crippen LogP contribution is 2.16. The smallest absolute Gasteiger partial charge is 0.226 e. The second kappa shape index (κ2) is 9.71. The molecule has 0 unspecified atom stereocenters. The molecular formula is C16H24FNO5S. The molecule has 0 saturated heterocycles. The van der Waals surface area contributed by atoms with Gasteiger partial charge >= 0.3 is 0 Å². The molecule has 0 aliphatic rings. The Morgan fingerprint density at radius 1 is 1.12 bits per heavy atom. The van der Waals surface area contributed by atoms with Crippen LogP contribution >= 0.6 is 0 Å². The van der Waals surface area contributed by atoms with Crippen LogP contribution in [0.4, 0.5) is 4.39 Å². The van der Waals surface area contributed by atoms with Gasteiger partial charge in [0.2, 0.25) is 5.91 Å². The minimum atomic E-state index is -3.67. The van der Waals surface area contributed by atoms with Crippen LogP contribution in [-0.2, 0) is 24.1 Å². The van der Waals surface area contributed by atoms with Crippen LogP contribution in [0, 0.1) is 11.7 Å². The normalized spacial score (nSPS) is 12.8. The Morgan fingerprint density at radius 3 is 2.08 bits per heavy atom. The van der Waals surface area contributed by atoms with Crippen LogP contribution in [0.2, 0.25) is 0 Å². The summed E-state index contributed by atoms with van der Waals surface area (Å²) in [5.41, 5.74) is 0. The first-order chi connectivity index (χ1) is 11.3. The zero-order chi connectivity index (χ0) is 18.2. The van der Waals surface area contributed by atoms with E-state index in [0.29, 0.717) is 26.3 Å². The van der Waals surface area contributed by atoms with Gasteiger partial charge in [0.1, 0.15) is 5.82 Å². The van der Waals surface area contributed by atoms with Crippen LogP contribution in [0.25, 0.3) is 0 Å². The summed E-state index contributed by atoms with van der Waals surface area (Å²) < 4.78 is 47.6. The van der Waals surface area contributed by atoms with Crippen molar-refractivity contribution in [1.82, 2.24) is 4.90 Å². The lowest BCUT2D eigenvalue weighted by Gasteiger charge is -2.25. The van der Waals surface area contributed by atoms with Gasteiger partial charge in [-0.3, -0.25) is 4.79 Å². The molecule has 1 aromatic rings. The Balaban J connectivity index is 2.80. The molecule has 24 heavy (non-hydrogen) atoms. The van der Waals surface area contributed by atoms with E-state index in [-0.39, 0.29) is 16.6 Å². The third-order valence-corrected chi connectivity index (χ3v) is 5.44. The van der Waals surface area contributed by atoms with Gasteiger partial charge in [0.15, 0.2) is 9.84 Å². The van der Waals surface area contributed by atoms with Crippen LogP contribution in [0.15, 0.2) is 29.2 Å². The Morgan fingerprint density at radius 2 is 1.62 bits per heavy atom. The number of benzene rings is 1. The number of sulfone groups is 1. The summed E-state index contributed by atoms with van der Waals surface area (Å²) in [5, 5.41) is 0. The lowest BCUT2D eigenvalue weighted by atomic mass is 10.2. The Hall–Kier alpha value is -1.51. The topological polar surface area (TPSA) is 72.9 Å². The van der Waals surface area contributed by atoms with Crippen molar-refractivity contribution >= 4 is 15.7 Å². The molecule has 1 rings (SSSR count). The van der Waals surface area contributed by atoms with Crippen molar-refractivity contribution in [2.24, 2.45) is 5.92 Å². The van der Waals surface area contributed by atoms with E-state index < -0.39 is 21.6 Å². The number of methoxy groups -OCH3 is 2. The summed E-state index contributed by atoms with van der Waals surface area (Å²) >= 11 is 0. The number of carbonyl (C=O) groups excluding carboxylic acids is 1. The van der Waals surface area contributed by atoms with Crippen LogP contribution in [0.1, 0.15) is 6.92 Å². The van der Waals surface area contributed by atoms with E-state index in [2.05, 4.69) is 0 Å². The van der Waals surface area contributed by atoms with Crippen molar-refractivity contribution in [2.45, 2.75) is 11.8 Å². The van der Waals surface area contributed by atoms with Gasteiger partial charge in [0.25, 0.3) is 0 Å². The fourth-order valence-electron chi connectivity index (χ4n) is 2.19. The van der Waals surface area contributed by atoms with Crippen LogP contribution < -0.4 is 0 Å². The lowest BCUT2D eigenvalue weighted by Crippen LogP contribution is -2.41. The predicted molar refractivity (Wildman–Crippen MR) is 87.9 cm³/mol. The molecule has 0 heterocycles. The van der Waals surface area contributed by atoms with Crippen LogP contribution in [0.5, 0.6) is 0 Å². The quantitative estimate of drug-likeness (QED) is 0.588. The Kier molecular flexibility index (Phi) is 8.30. The van der Waals surface area contributed by atoms with Crippen molar-refractivity contribution < 1.29 is 27.1 Å². The highest BCUT2D eigenvalue weighted by Gasteiger charge is 2.26. The summed E-state index contributed by atoms with van der Waals surface area (Å²) in [6.45, 7) is 3.00. The second-order valence-electron chi connectivity index (χ2n) is 5.45. The van der Waals surface area contributed by atoms with Gasteiger partial charge in [-0.15, -0.1) is 0 Å². The summed E-state index contributed by atoms with van der Waals surface area (Å²) in [7, 11) is -0.614. The molecule has 1 atom stereocenters. The average molecular weight is 361 g/mol. The summed E-state index contributed by atoms with van der Waals surface area (Å²) in [6, 6.07) is 4.58. The predicted octanol–water partition coefficient (Wildman–Crippen LogP) is 1.36. The van der Waals surface area contributed by atoms with Crippen molar-refractivity contribution in [3.8, 4) is 0 Å². The van der Waals surface area contributed by atoms with E-state index in [4.69, 9.17) is 9.47 Å². The Bertz CT molecular complexity index is 610. The minimum absolute atomic E-state index is 0.00360. The maximum Gasteiger partial charge on any atom is 0.226 e. The molecule has 136 valence electrons. The molecule has 0 radical (unpaired) electrons. The fraction of sp³-hybridized carbons (Fsp3) is 0.562. The first kappa shape index (κ1) is 20.5. The highest BCUT2D eigenvalue weighted by atomic mass is 32.2. The van der Waals surface area contributed by atoms with Gasteiger partial charge in [-0.25, -0.2) is 12.8 Å². The van der Waals surface area contributed by atoms with Crippen molar-refractivity contribution in [3.63, 3.8) is 0 Å². The fourth-order valence-corrected chi connectivity index (χ4v) is 3.73. The van der Waals surface area contributed by atoms with Gasteiger partial charge < -0.3 is 14.4 Å². The first-order valence-corrected chi connectivity index (χ1v) is 9.22. The Labute approximate surface area is 142 Å². The lowest BCUT2D eigenvalue weighted by molar-refractivity contribution is -0.135. The van der Waals surface area contributed by atoms with Gasteiger partial charge in [0, 0.05) is 33.2 Å².